The van der Waals surface area contributed by atoms with Gasteiger partial charge in [-0.05, 0) is 37.1 Å². The highest BCUT2D eigenvalue weighted by atomic mass is 19.3. The highest BCUT2D eigenvalue weighted by Gasteiger charge is 2.31. The van der Waals surface area contributed by atoms with Gasteiger partial charge >= 0.3 is 12.5 Å². The average molecular weight is 508 g/mol. The van der Waals surface area contributed by atoms with Gasteiger partial charge in [0.15, 0.2) is 0 Å². The zero-order valence-corrected chi connectivity index (χ0v) is 20.2. The number of alkyl halides is 2. The first-order valence-electron chi connectivity index (χ1n) is 12.5. The molecular weight excluding hydrogens is 480 g/mol. The minimum atomic E-state index is -2.83. The van der Waals surface area contributed by atoms with Crippen molar-refractivity contribution in [1.29, 1.82) is 0 Å². The topological polar surface area (TPSA) is 83.0 Å². The van der Waals surface area contributed by atoms with Crippen molar-refractivity contribution in [3.8, 4) is 11.5 Å². The highest BCUT2D eigenvalue weighted by molar-refractivity contribution is 5.92. The molecule has 37 heavy (non-hydrogen) atoms. The quantitative estimate of drug-likeness (QED) is 0.379. The second kappa shape index (κ2) is 9.89. The Labute approximate surface area is 212 Å². The van der Waals surface area contributed by atoms with Crippen molar-refractivity contribution in [2.24, 2.45) is 0 Å². The molecule has 0 N–H and O–H groups in total. The number of amides is 2. The van der Waals surface area contributed by atoms with E-state index in [0.29, 0.717) is 42.6 Å². The minimum absolute atomic E-state index is 0.00415. The van der Waals surface area contributed by atoms with Crippen molar-refractivity contribution in [3.05, 3.63) is 66.4 Å². The van der Waals surface area contributed by atoms with Crippen LogP contribution in [-0.2, 0) is 6.54 Å². The maximum Gasteiger partial charge on any atom is 0.324 e. The Balaban J connectivity index is 1.22. The molecule has 3 aromatic heterocycles. The fourth-order valence-electron chi connectivity index (χ4n) is 4.92. The predicted octanol–water partition coefficient (Wildman–Crippen LogP) is 4.62. The summed E-state index contributed by atoms with van der Waals surface area (Å²) in [5, 5.41) is 7.10. The van der Waals surface area contributed by atoms with Crippen molar-refractivity contribution in [3.63, 3.8) is 0 Å². The molecule has 0 bridgehead atoms. The summed E-state index contributed by atoms with van der Waals surface area (Å²) in [5.41, 5.74) is 2.57. The molecule has 1 aliphatic carbocycles. The van der Waals surface area contributed by atoms with Crippen LogP contribution < -0.4 is 4.90 Å². The first kappa shape index (κ1) is 23.5. The van der Waals surface area contributed by atoms with Crippen LogP contribution in [0.3, 0.4) is 0 Å². The fraction of sp³-hybridized carbons (Fsp3) is 0.385. The van der Waals surface area contributed by atoms with Gasteiger partial charge in [-0.2, -0.15) is 8.78 Å². The van der Waals surface area contributed by atoms with E-state index < -0.39 is 12.3 Å². The molecule has 1 aromatic carbocycles. The summed E-state index contributed by atoms with van der Waals surface area (Å²) in [5.74, 6) is -0.714. The molecule has 1 aliphatic heterocycles. The van der Waals surface area contributed by atoms with Crippen LogP contribution in [0.25, 0.3) is 17.1 Å². The molecule has 192 valence electrons. The van der Waals surface area contributed by atoms with Gasteiger partial charge in [-0.3, -0.25) is 9.80 Å². The number of carbonyl (C=O) groups is 1. The van der Waals surface area contributed by atoms with Crippen LogP contribution in [0.2, 0.25) is 0 Å². The zero-order chi connectivity index (χ0) is 25.4. The second-order valence-electron chi connectivity index (χ2n) is 9.47. The van der Waals surface area contributed by atoms with Crippen LogP contribution in [0.15, 0.2) is 59.3 Å². The number of halogens is 2. The molecule has 1 saturated carbocycles. The van der Waals surface area contributed by atoms with E-state index in [1.807, 2.05) is 45.8 Å². The number of para-hydroxylation sites is 1. The molecule has 4 heterocycles. The Hall–Kier alpha value is -3.86. The number of fused-ring (bicyclic) bond motifs is 1. The van der Waals surface area contributed by atoms with E-state index in [9.17, 15) is 13.6 Å². The first-order valence-corrected chi connectivity index (χ1v) is 12.5. The largest absolute Gasteiger partial charge is 0.415 e. The van der Waals surface area contributed by atoms with Crippen LogP contribution in [0.5, 0.6) is 0 Å². The van der Waals surface area contributed by atoms with E-state index in [1.165, 1.54) is 19.3 Å². The van der Waals surface area contributed by atoms with Gasteiger partial charge in [0, 0.05) is 55.9 Å². The third-order valence-electron chi connectivity index (χ3n) is 7.18. The number of pyridine rings is 1. The number of nitrogens with zero attached hydrogens (tertiary/aromatic N) is 7. The summed E-state index contributed by atoms with van der Waals surface area (Å²) < 4.78 is 32.6. The number of anilines is 1. The maximum absolute atomic E-state index is 13.7. The van der Waals surface area contributed by atoms with Gasteiger partial charge in [-0.25, -0.2) is 9.78 Å². The van der Waals surface area contributed by atoms with E-state index >= 15 is 0 Å². The maximum atomic E-state index is 13.7. The SMILES string of the molecule is O=C(N1CCN(C2CCC2)CC1)N(Cc1cn2ccc(-c3nnc(C(F)F)o3)cc2n1)c1ccccc1. The number of imidazole rings is 1. The fourth-order valence-corrected chi connectivity index (χ4v) is 4.92. The van der Waals surface area contributed by atoms with Gasteiger partial charge in [-0.15, -0.1) is 10.2 Å². The summed E-state index contributed by atoms with van der Waals surface area (Å²) in [4.78, 5) is 24.6. The second-order valence-corrected chi connectivity index (χ2v) is 9.47. The Bertz CT molecular complexity index is 1380. The van der Waals surface area contributed by atoms with Crippen LogP contribution in [0.4, 0.5) is 19.3 Å². The van der Waals surface area contributed by atoms with Crippen molar-refractivity contribution in [2.75, 3.05) is 31.1 Å². The number of benzene rings is 1. The molecule has 0 spiro atoms. The monoisotopic (exact) mass is 507 g/mol. The normalized spacial score (nSPS) is 16.9. The molecule has 11 heteroatoms. The summed E-state index contributed by atoms with van der Waals surface area (Å²) in [6.45, 7) is 3.51. The van der Waals surface area contributed by atoms with Crippen molar-refractivity contribution >= 4 is 17.4 Å². The summed E-state index contributed by atoms with van der Waals surface area (Å²) in [6, 6.07) is 13.6. The van der Waals surface area contributed by atoms with Gasteiger partial charge in [0.05, 0.1) is 12.2 Å². The lowest BCUT2D eigenvalue weighted by Gasteiger charge is -2.43. The third-order valence-corrected chi connectivity index (χ3v) is 7.18. The third kappa shape index (κ3) is 4.78. The molecule has 0 unspecified atom stereocenters. The van der Waals surface area contributed by atoms with Gasteiger partial charge in [0.25, 0.3) is 5.89 Å². The summed E-state index contributed by atoms with van der Waals surface area (Å²) in [6.07, 6.45) is 4.61. The number of hydrogen-bond donors (Lipinski definition) is 0. The minimum Gasteiger partial charge on any atom is -0.415 e. The smallest absolute Gasteiger partial charge is 0.324 e. The van der Waals surface area contributed by atoms with E-state index in [-0.39, 0.29) is 11.9 Å². The van der Waals surface area contributed by atoms with Gasteiger partial charge in [0.1, 0.15) is 5.65 Å². The van der Waals surface area contributed by atoms with Crippen LogP contribution in [-0.4, -0.2) is 67.6 Å². The molecule has 2 amide bonds. The number of aromatic nitrogens is 4. The van der Waals surface area contributed by atoms with Crippen LogP contribution in [0, 0.1) is 0 Å². The average Bonchev–Trinajstić information content (AvgIpc) is 3.54. The van der Waals surface area contributed by atoms with E-state index in [4.69, 9.17) is 9.40 Å². The molecule has 4 aromatic rings. The molecule has 9 nitrogen and oxygen atoms in total. The molecule has 0 radical (unpaired) electrons. The lowest BCUT2D eigenvalue weighted by molar-refractivity contribution is 0.0743. The summed E-state index contributed by atoms with van der Waals surface area (Å²) in [7, 11) is 0. The lowest BCUT2D eigenvalue weighted by atomic mass is 9.91. The lowest BCUT2D eigenvalue weighted by Crippen LogP contribution is -2.56. The van der Waals surface area contributed by atoms with Crippen LogP contribution >= 0.6 is 0 Å². The molecular formula is C26H27F2N7O2. The van der Waals surface area contributed by atoms with Crippen molar-refractivity contribution < 1.29 is 18.0 Å². The van der Waals surface area contributed by atoms with Crippen molar-refractivity contribution in [1.82, 2.24) is 29.4 Å². The van der Waals surface area contributed by atoms with Gasteiger partial charge in [-0.1, -0.05) is 24.6 Å². The van der Waals surface area contributed by atoms with Gasteiger partial charge < -0.3 is 13.7 Å². The van der Waals surface area contributed by atoms with Crippen LogP contribution in [0.1, 0.15) is 37.3 Å². The molecule has 6 rings (SSSR count). The first-order chi connectivity index (χ1) is 18.0. The Morgan fingerprint density at radius 3 is 2.54 bits per heavy atom. The number of hydrogen-bond acceptors (Lipinski definition) is 6. The predicted molar refractivity (Wildman–Crippen MR) is 132 cm³/mol. The number of piperazine rings is 1. The van der Waals surface area contributed by atoms with E-state index in [0.717, 1.165) is 18.8 Å². The number of rotatable bonds is 6. The van der Waals surface area contributed by atoms with E-state index in [2.05, 4.69) is 15.1 Å². The van der Waals surface area contributed by atoms with E-state index in [1.54, 1.807) is 23.2 Å². The molecule has 1 saturated heterocycles. The Kier molecular flexibility index (Phi) is 6.29. The standard InChI is InChI=1S/C26H27F2N7O2/c27-23(28)25-31-30-24(37-25)18-9-10-34-16-19(29-22(34)15-18)17-35(21-5-2-1-3-6-21)26(36)33-13-11-32(12-14-33)20-7-4-8-20/h1-3,5-6,9-10,15-16,20,23H,4,7-8,11-14,17H2. The van der Waals surface area contributed by atoms with Gasteiger partial charge in [0.2, 0.25) is 5.89 Å². The highest BCUT2D eigenvalue weighted by Crippen LogP contribution is 2.27. The molecule has 2 aliphatic rings. The molecule has 2 fully saturated rings. The van der Waals surface area contributed by atoms with Crippen molar-refractivity contribution in [2.45, 2.75) is 38.3 Å². The number of carbonyl (C=O) groups excluding carboxylic acids is 1. The Morgan fingerprint density at radius 2 is 1.86 bits per heavy atom. The summed E-state index contributed by atoms with van der Waals surface area (Å²) >= 11 is 0. The molecule has 0 atom stereocenters. The Morgan fingerprint density at radius 1 is 1.08 bits per heavy atom. The number of urea groups is 1. The zero-order valence-electron chi connectivity index (χ0n) is 20.2.